The van der Waals surface area contributed by atoms with E-state index < -0.39 is 0 Å². The highest BCUT2D eigenvalue weighted by molar-refractivity contribution is 5.75. The molecule has 0 fully saturated rings. The molecule has 2 aromatic rings. The maximum atomic E-state index is 12.7. The van der Waals surface area contributed by atoms with E-state index in [2.05, 4.69) is 6.08 Å². The third-order valence-corrected chi connectivity index (χ3v) is 3.85. The van der Waals surface area contributed by atoms with Crippen LogP contribution >= 0.6 is 0 Å². The van der Waals surface area contributed by atoms with Crippen LogP contribution in [0.15, 0.2) is 72.3 Å². The van der Waals surface area contributed by atoms with E-state index in [1.807, 2.05) is 60.7 Å². The first-order chi connectivity index (χ1) is 10.3. The average Bonchev–Trinajstić information content (AvgIpc) is 3.02. The number of nitrogens with zero attached hydrogens (tertiary/aromatic N) is 1. The number of benzene rings is 2. The minimum atomic E-state index is -0.283. The van der Waals surface area contributed by atoms with Crippen molar-refractivity contribution in [3.63, 3.8) is 0 Å². The molecule has 3 rings (SSSR count). The number of hydrogen-bond donors (Lipinski definition) is 0. The topological polar surface area (TPSA) is 26.1 Å². The third-order valence-electron chi connectivity index (χ3n) is 3.85. The summed E-state index contributed by atoms with van der Waals surface area (Å²) in [5.74, 6) is 0. The molecule has 1 aliphatic carbocycles. The zero-order chi connectivity index (χ0) is 14.5. The van der Waals surface area contributed by atoms with Gasteiger partial charge in [0.15, 0.2) is 6.21 Å². The van der Waals surface area contributed by atoms with E-state index in [4.69, 9.17) is 0 Å². The van der Waals surface area contributed by atoms with Crippen molar-refractivity contribution in [2.45, 2.75) is 25.3 Å². The smallest absolute Gasteiger partial charge is 0.213 e. The van der Waals surface area contributed by atoms with Crippen LogP contribution in [0.2, 0.25) is 0 Å². The summed E-state index contributed by atoms with van der Waals surface area (Å²) >= 11 is 0. The first kappa shape index (κ1) is 13.6. The molecule has 0 amide bonds. The second-order valence-electron chi connectivity index (χ2n) is 5.38. The molecule has 2 aromatic carbocycles. The summed E-state index contributed by atoms with van der Waals surface area (Å²) in [5, 5.41) is 12.7. The van der Waals surface area contributed by atoms with Crippen molar-refractivity contribution in [1.29, 1.82) is 0 Å². The van der Waals surface area contributed by atoms with Gasteiger partial charge in [-0.05, 0) is 19.3 Å². The summed E-state index contributed by atoms with van der Waals surface area (Å²) in [6, 6.07) is 19.6. The van der Waals surface area contributed by atoms with Gasteiger partial charge in [-0.2, -0.15) is 4.74 Å². The van der Waals surface area contributed by atoms with E-state index in [1.165, 1.54) is 0 Å². The SMILES string of the molecule is [O-]/[N+](=C\C1=CCCC1)C(c1ccccc1)c1ccccc1. The summed E-state index contributed by atoms with van der Waals surface area (Å²) in [5.41, 5.74) is 3.20. The minimum Gasteiger partial charge on any atom is -0.623 e. The lowest BCUT2D eigenvalue weighted by atomic mass is 9.99. The van der Waals surface area contributed by atoms with Gasteiger partial charge < -0.3 is 5.21 Å². The van der Waals surface area contributed by atoms with Gasteiger partial charge in [0.2, 0.25) is 6.04 Å². The largest absolute Gasteiger partial charge is 0.623 e. The predicted octanol–water partition coefficient (Wildman–Crippen LogP) is 4.47. The van der Waals surface area contributed by atoms with Gasteiger partial charge in [-0.25, -0.2) is 0 Å². The highest BCUT2D eigenvalue weighted by atomic mass is 16.5. The molecule has 0 saturated heterocycles. The van der Waals surface area contributed by atoms with Crippen LogP contribution in [0.5, 0.6) is 0 Å². The Hall–Kier alpha value is -2.35. The van der Waals surface area contributed by atoms with E-state index in [-0.39, 0.29) is 6.04 Å². The summed E-state index contributed by atoms with van der Waals surface area (Å²) in [6.07, 6.45) is 7.17. The van der Waals surface area contributed by atoms with Gasteiger partial charge in [0.1, 0.15) is 0 Å². The normalized spacial score (nSPS) is 15.3. The fourth-order valence-electron chi connectivity index (χ4n) is 2.81. The summed E-state index contributed by atoms with van der Waals surface area (Å²) < 4.78 is 1.10. The second kappa shape index (κ2) is 6.40. The number of hydrogen-bond acceptors (Lipinski definition) is 1. The molecule has 0 spiro atoms. The molecule has 21 heavy (non-hydrogen) atoms. The molecule has 0 N–H and O–H groups in total. The Morgan fingerprint density at radius 1 is 0.905 bits per heavy atom. The maximum Gasteiger partial charge on any atom is 0.213 e. The second-order valence-corrected chi connectivity index (χ2v) is 5.38. The Morgan fingerprint density at radius 3 is 1.95 bits per heavy atom. The van der Waals surface area contributed by atoms with Gasteiger partial charge >= 0.3 is 0 Å². The molecule has 106 valence electrons. The van der Waals surface area contributed by atoms with Crippen molar-refractivity contribution >= 4 is 6.21 Å². The van der Waals surface area contributed by atoms with Crippen molar-refractivity contribution in [3.05, 3.63) is 88.6 Å². The molecule has 0 saturated carbocycles. The van der Waals surface area contributed by atoms with E-state index in [0.29, 0.717) is 0 Å². The molecule has 2 heteroatoms. The van der Waals surface area contributed by atoms with Crippen LogP contribution in [-0.2, 0) is 0 Å². The number of allylic oxidation sites excluding steroid dienone is 2. The molecule has 0 heterocycles. The van der Waals surface area contributed by atoms with E-state index in [9.17, 15) is 5.21 Å². The third kappa shape index (κ3) is 3.22. The van der Waals surface area contributed by atoms with Crippen LogP contribution in [-0.4, -0.2) is 11.0 Å². The van der Waals surface area contributed by atoms with E-state index >= 15 is 0 Å². The Morgan fingerprint density at radius 2 is 1.48 bits per heavy atom. The Bertz CT molecular complexity index is 604. The van der Waals surface area contributed by atoms with Gasteiger partial charge in [-0.15, -0.1) is 0 Å². The van der Waals surface area contributed by atoms with E-state index in [0.717, 1.165) is 40.7 Å². The van der Waals surface area contributed by atoms with Gasteiger partial charge in [0.05, 0.1) is 0 Å². The van der Waals surface area contributed by atoms with Crippen LogP contribution in [0.25, 0.3) is 0 Å². The fraction of sp³-hybridized carbons (Fsp3) is 0.211. The van der Waals surface area contributed by atoms with Crippen LogP contribution in [0, 0.1) is 5.21 Å². The van der Waals surface area contributed by atoms with Gasteiger partial charge in [-0.1, -0.05) is 66.7 Å². The summed E-state index contributed by atoms with van der Waals surface area (Å²) in [6.45, 7) is 0. The summed E-state index contributed by atoms with van der Waals surface area (Å²) in [4.78, 5) is 0. The average molecular weight is 277 g/mol. The van der Waals surface area contributed by atoms with Gasteiger partial charge in [0.25, 0.3) is 0 Å². The zero-order valence-electron chi connectivity index (χ0n) is 12.0. The lowest BCUT2D eigenvalue weighted by molar-refractivity contribution is -0.491. The maximum absolute atomic E-state index is 12.7. The van der Waals surface area contributed by atoms with Crippen LogP contribution in [0.3, 0.4) is 0 Å². The Balaban J connectivity index is 2.00. The van der Waals surface area contributed by atoms with Crippen molar-refractivity contribution in [2.24, 2.45) is 0 Å². The molecule has 0 atom stereocenters. The lowest BCUT2D eigenvalue weighted by Gasteiger charge is -2.18. The predicted molar refractivity (Wildman–Crippen MR) is 86.4 cm³/mol. The van der Waals surface area contributed by atoms with E-state index in [1.54, 1.807) is 6.21 Å². The quantitative estimate of drug-likeness (QED) is 0.350. The standard InChI is InChI=1S/C19H19NO/c21-20(15-16-9-7-8-10-16)19(17-11-3-1-4-12-17)18-13-5-2-6-14-18/h1-6,9,11-15,19H,7-8,10H2/b20-15-. The van der Waals surface area contributed by atoms with Crippen molar-refractivity contribution in [2.75, 3.05) is 0 Å². The van der Waals surface area contributed by atoms with Crippen molar-refractivity contribution < 1.29 is 4.74 Å². The number of hydroxylamine groups is 1. The highest BCUT2D eigenvalue weighted by Crippen LogP contribution is 2.26. The van der Waals surface area contributed by atoms with Gasteiger partial charge in [0, 0.05) is 16.7 Å². The lowest BCUT2D eigenvalue weighted by Crippen LogP contribution is -2.16. The molecule has 1 aliphatic rings. The van der Waals surface area contributed by atoms with Crippen LogP contribution < -0.4 is 0 Å². The van der Waals surface area contributed by atoms with Crippen LogP contribution in [0.4, 0.5) is 0 Å². The van der Waals surface area contributed by atoms with Crippen molar-refractivity contribution in [1.82, 2.24) is 0 Å². The van der Waals surface area contributed by atoms with Crippen LogP contribution in [0.1, 0.15) is 36.4 Å². The molecule has 2 nitrogen and oxygen atoms in total. The van der Waals surface area contributed by atoms with Gasteiger partial charge in [-0.3, -0.25) is 0 Å². The minimum absolute atomic E-state index is 0.283. The first-order valence-corrected chi connectivity index (χ1v) is 7.44. The molecular formula is C19H19NO. The molecule has 0 unspecified atom stereocenters. The molecule has 0 aliphatic heterocycles. The summed E-state index contributed by atoms with van der Waals surface area (Å²) in [7, 11) is 0. The van der Waals surface area contributed by atoms with Crippen molar-refractivity contribution in [3.8, 4) is 0 Å². The molecular weight excluding hydrogens is 258 g/mol. The zero-order valence-corrected chi connectivity index (χ0v) is 12.0. The Kier molecular flexibility index (Phi) is 4.15. The molecule has 0 aromatic heterocycles. The molecule has 0 radical (unpaired) electrons. The Labute approximate surface area is 125 Å². The highest BCUT2D eigenvalue weighted by Gasteiger charge is 2.21. The monoisotopic (exact) mass is 277 g/mol. The molecule has 0 bridgehead atoms. The fourth-order valence-corrected chi connectivity index (χ4v) is 2.81. The number of rotatable bonds is 4. The first-order valence-electron chi connectivity index (χ1n) is 7.44.